The molecule has 1 atom stereocenters. The van der Waals surface area contributed by atoms with Gasteiger partial charge in [0.05, 0.1) is 29.4 Å². The quantitative estimate of drug-likeness (QED) is 0.426. The summed E-state index contributed by atoms with van der Waals surface area (Å²) in [5.41, 5.74) is 6.22. The van der Waals surface area contributed by atoms with Crippen LogP contribution in [0.25, 0.3) is 16.9 Å². The van der Waals surface area contributed by atoms with E-state index in [1.165, 1.54) is 10.7 Å². The van der Waals surface area contributed by atoms with Gasteiger partial charge in [0.15, 0.2) is 0 Å². The Bertz CT molecular complexity index is 1410. The maximum absolute atomic E-state index is 12.8. The average molecular weight is 457 g/mol. The number of hydrogen-bond donors (Lipinski definition) is 0. The lowest BCUT2D eigenvalue weighted by Crippen LogP contribution is -2.26. The molecule has 0 unspecified atom stereocenters. The number of benzene rings is 3. The van der Waals surface area contributed by atoms with Crippen molar-refractivity contribution in [2.24, 2.45) is 5.10 Å². The molecule has 0 aliphatic carbocycles. The van der Waals surface area contributed by atoms with E-state index in [2.05, 4.69) is 5.10 Å². The van der Waals surface area contributed by atoms with Gasteiger partial charge in [-0.05, 0) is 24.6 Å². The zero-order valence-corrected chi connectivity index (χ0v) is 19.3. The van der Waals surface area contributed by atoms with Crippen LogP contribution in [-0.4, -0.2) is 34.6 Å². The molecule has 166 valence electrons. The highest BCUT2D eigenvalue weighted by molar-refractivity contribution is 7.88. The van der Waals surface area contributed by atoms with Gasteiger partial charge in [0.1, 0.15) is 0 Å². The van der Waals surface area contributed by atoms with Crippen molar-refractivity contribution in [3.05, 3.63) is 108 Å². The number of rotatable bonds is 5. The number of aromatic nitrogens is 2. The van der Waals surface area contributed by atoms with Crippen LogP contribution >= 0.6 is 0 Å². The Morgan fingerprint density at radius 3 is 2.12 bits per heavy atom. The van der Waals surface area contributed by atoms with Crippen LogP contribution in [0.1, 0.15) is 29.2 Å². The van der Waals surface area contributed by atoms with Crippen LogP contribution in [0.3, 0.4) is 0 Å². The van der Waals surface area contributed by atoms with Crippen molar-refractivity contribution in [2.75, 3.05) is 6.26 Å². The van der Waals surface area contributed by atoms with Crippen molar-refractivity contribution in [3.63, 3.8) is 0 Å². The maximum Gasteiger partial charge on any atom is 0.247 e. The lowest BCUT2D eigenvalue weighted by atomic mass is 9.97. The first kappa shape index (κ1) is 21.2. The highest BCUT2D eigenvalue weighted by Gasteiger charge is 2.37. The maximum atomic E-state index is 12.8. The number of hydrazone groups is 1. The third-order valence-corrected chi connectivity index (χ3v) is 6.78. The molecule has 0 radical (unpaired) electrons. The van der Waals surface area contributed by atoms with Gasteiger partial charge in [-0.1, -0.05) is 78.4 Å². The summed E-state index contributed by atoms with van der Waals surface area (Å²) in [5, 5.41) is 9.42. The Kier molecular flexibility index (Phi) is 5.34. The molecule has 0 bridgehead atoms. The first-order valence-electron chi connectivity index (χ1n) is 10.7. The van der Waals surface area contributed by atoms with Crippen LogP contribution in [0.4, 0.5) is 0 Å². The standard InChI is InChI=1S/C26H24N4O2S/c1-19-13-15-20(16-14-19)24-17-25(30(27-24)33(2,31)32)23-18-29(22-11-7-4-8-12-22)28-26(23)21-9-5-3-6-10-21/h3-16,18,25H,17H2,1-2H3/t25-/m1/s1. The molecule has 0 N–H and O–H groups in total. The lowest BCUT2D eigenvalue weighted by Gasteiger charge is -2.21. The summed E-state index contributed by atoms with van der Waals surface area (Å²) in [6.07, 6.45) is 3.59. The molecule has 1 aromatic heterocycles. The fraction of sp³-hybridized carbons (Fsp3) is 0.154. The second-order valence-corrected chi connectivity index (χ2v) is 10.1. The number of hydrogen-bond acceptors (Lipinski definition) is 4. The predicted octanol–water partition coefficient (Wildman–Crippen LogP) is 4.96. The minimum absolute atomic E-state index is 0.469. The van der Waals surface area contributed by atoms with E-state index >= 15 is 0 Å². The largest absolute Gasteiger partial charge is 0.247 e. The monoisotopic (exact) mass is 456 g/mol. The fourth-order valence-corrected chi connectivity index (χ4v) is 5.01. The Hall–Kier alpha value is -3.71. The Labute approximate surface area is 193 Å². The van der Waals surface area contributed by atoms with Gasteiger partial charge in [-0.15, -0.1) is 0 Å². The summed E-state index contributed by atoms with van der Waals surface area (Å²) in [6, 6.07) is 27.2. The summed E-state index contributed by atoms with van der Waals surface area (Å²) in [6.45, 7) is 2.02. The van der Waals surface area contributed by atoms with E-state index in [0.29, 0.717) is 6.42 Å². The predicted molar refractivity (Wildman–Crippen MR) is 131 cm³/mol. The smallest absolute Gasteiger partial charge is 0.240 e. The molecule has 6 nitrogen and oxygen atoms in total. The first-order valence-corrected chi connectivity index (χ1v) is 12.6. The van der Waals surface area contributed by atoms with Crippen LogP contribution in [0.15, 0.2) is 96.2 Å². The third-order valence-electron chi connectivity index (χ3n) is 5.77. The molecule has 4 aromatic rings. The molecule has 0 spiro atoms. The summed E-state index contributed by atoms with van der Waals surface area (Å²) < 4.78 is 28.6. The van der Waals surface area contributed by atoms with Gasteiger partial charge in [0.2, 0.25) is 10.0 Å². The molecule has 7 heteroatoms. The topological polar surface area (TPSA) is 67.6 Å². The van der Waals surface area contributed by atoms with Gasteiger partial charge in [-0.3, -0.25) is 0 Å². The van der Waals surface area contributed by atoms with Crippen LogP contribution < -0.4 is 0 Å². The molecule has 3 aromatic carbocycles. The van der Waals surface area contributed by atoms with Crippen molar-refractivity contribution in [3.8, 4) is 16.9 Å². The van der Waals surface area contributed by atoms with E-state index in [1.807, 2.05) is 103 Å². The van der Waals surface area contributed by atoms with Crippen molar-refractivity contribution in [1.82, 2.24) is 14.2 Å². The molecule has 0 fully saturated rings. The van der Waals surface area contributed by atoms with Crippen molar-refractivity contribution < 1.29 is 8.42 Å². The third kappa shape index (κ3) is 4.19. The zero-order chi connectivity index (χ0) is 23.0. The van der Waals surface area contributed by atoms with Crippen LogP contribution in [-0.2, 0) is 10.0 Å². The first-order chi connectivity index (χ1) is 15.9. The second-order valence-electron chi connectivity index (χ2n) is 8.25. The molecule has 2 heterocycles. The van der Waals surface area contributed by atoms with E-state index in [4.69, 9.17) is 5.10 Å². The van der Waals surface area contributed by atoms with Gasteiger partial charge < -0.3 is 0 Å². The summed E-state index contributed by atoms with van der Waals surface area (Å²) >= 11 is 0. The summed E-state index contributed by atoms with van der Waals surface area (Å²) in [7, 11) is -3.59. The van der Waals surface area contributed by atoms with Crippen molar-refractivity contribution in [1.29, 1.82) is 0 Å². The van der Waals surface area contributed by atoms with Crippen molar-refractivity contribution >= 4 is 15.7 Å². The number of aryl methyl sites for hydroxylation is 1. The van der Waals surface area contributed by atoms with Gasteiger partial charge >= 0.3 is 0 Å². The summed E-state index contributed by atoms with van der Waals surface area (Å²) in [4.78, 5) is 0. The van der Waals surface area contributed by atoms with E-state index in [0.717, 1.165) is 39.3 Å². The van der Waals surface area contributed by atoms with Gasteiger partial charge in [0.25, 0.3) is 0 Å². The van der Waals surface area contributed by atoms with Crippen LogP contribution in [0.5, 0.6) is 0 Å². The average Bonchev–Trinajstić information content (AvgIpc) is 3.46. The fourth-order valence-electron chi connectivity index (χ4n) is 4.11. The molecule has 33 heavy (non-hydrogen) atoms. The summed E-state index contributed by atoms with van der Waals surface area (Å²) in [5.74, 6) is 0. The van der Waals surface area contributed by atoms with E-state index in [-0.39, 0.29) is 0 Å². The minimum Gasteiger partial charge on any atom is -0.240 e. The normalized spacial score (nSPS) is 16.1. The molecule has 5 rings (SSSR count). The molecular formula is C26H24N4O2S. The van der Waals surface area contributed by atoms with Crippen molar-refractivity contribution in [2.45, 2.75) is 19.4 Å². The van der Waals surface area contributed by atoms with E-state index < -0.39 is 16.1 Å². The number of nitrogens with zero attached hydrogens (tertiary/aromatic N) is 4. The van der Waals surface area contributed by atoms with Crippen LogP contribution in [0.2, 0.25) is 0 Å². The molecule has 0 amide bonds. The van der Waals surface area contributed by atoms with E-state index in [9.17, 15) is 8.42 Å². The van der Waals surface area contributed by atoms with Crippen LogP contribution in [0, 0.1) is 6.92 Å². The van der Waals surface area contributed by atoms with Gasteiger partial charge in [-0.25, -0.2) is 13.1 Å². The lowest BCUT2D eigenvalue weighted by molar-refractivity contribution is 0.375. The molecule has 0 saturated carbocycles. The second kappa shape index (κ2) is 8.33. The molecule has 1 aliphatic heterocycles. The highest BCUT2D eigenvalue weighted by Crippen LogP contribution is 2.39. The Morgan fingerprint density at radius 2 is 1.48 bits per heavy atom. The Balaban J connectivity index is 1.64. The number of sulfonamides is 1. The zero-order valence-electron chi connectivity index (χ0n) is 18.5. The molecule has 1 aliphatic rings. The van der Waals surface area contributed by atoms with Gasteiger partial charge in [0, 0.05) is 23.7 Å². The molecule has 0 saturated heterocycles. The Morgan fingerprint density at radius 1 is 0.848 bits per heavy atom. The number of para-hydroxylation sites is 1. The van der Waals surface area contributed by atoms with Gasteiger partial charge in [-0.2, -0.15) is 14.6 Å². The molecular weight excluding hydrogens is 432 g/mol. The SMILES string of the molecule is Cc1ccc(C2=NN(S(C)(=O)=O)[C@@H](c3cn(-c4ccccc4)nc3-c3ccccc3)C2)cc1. The minimum atomic E-state index is -3.59. The highest BCUT2D eigenvalue weighted by atomic mass is 32.2. The van der Waals surface area contributed by atoms with E-state index in [1.54, 1.807) is 0 Å².